The molecule has 0 spiro atoms. The fraction of sp³-hybridized carbons (Fsp3) is 0.450. The molecule has 6 rings (SSSR count). The summed E-state index contributed by atoms with van der Waals surface area (Å²) in [6.45, 7) is 0.145. The topological polar surface area (TPSA) is 66.5 Å². The lowest BCUT2D eigenvalue weighted by Crippen LogP contribution is -2.40. The minimum Gasteiger partial charge on any atom is -0.326 e. The van der Waals surface area contributed by atoms with E-state index in [2.05, 4.69) is 17.5 Å². The van der Waals surface area contributed by atoms with Crippen LogP contribution in [0.5, 0.6) is 0 Å². The molecule has 1 saturated heterocycles. The first-order valence-corrected chi connectivity index (χ1v) is 9.51. The molecule has 1 aliphatic heterocycles. The van der Waals surface area contributed by atoms with E-state index in [1.54, 1.807) is 24.3 Å². The highest BCUT2D eigenvalue weighted by atomic mass is 35.5. The molecule has 2 bridgehead atoms. The number of likely N-dealkylation sites (tertiary alicyclic amines) is 1. The predicted molar refractivity (Wildman–Crippen MR) is 96.1 cm³/mol. The number of allylic oxidation sites excluding steroid dienone is 2. The van der Waals surface area contributed by atoms with Crippen LogP contribution in [0.4, 0.5) is 5.69 Å². The van der Waals surface area contributed by atoms with Gasteiger partial charge in [-0.2, -0.15) is 0 Å². The van der Waals surface area contributed by atoms with Crippen LogP contribution in [0.15, 0.2) is 36.4 Å². The molecule has 26 heavy (non-hydrogen) atoms. The summed E-state index contributed by atoms with van der Waals surface area (Å²) in [5.74, 6) is 0.832. The van der Waals surface area contributed by atoms with Crippen molar-refractivity contribution in [2.24, 2.45) is 35.5 Å². The number of benzene rings is 1. The van der Waals surface area contributed by atoms with E-state index in [1.807, 2.05) is 0 Å². The molecule has 6 unspecified atom stereocenters. The smallest absolute Gasteiger partial charge is 0.233 e. The van der Waals surface area contributed by atoms with Gasteiger partial charge in [-0.15, -0.1) is 0 Å². The molecule has 3 fully saturated rings. The number of imide groups is 1. The van der Waals surface area contributed by atoms with Crippen LogP contribution in [-0.2, 0) is 14.4 Å². The van der Waals surface area contributed by atoms with Gasteiger partial charge in [-0.1, -0.05) is 29.8 Å². The van der Waals surface area contributed by atoms with E-state index >= 15 is 0 Å². The highest BCUT2D eigenvalue weighted by molar-refractivity contribution is 6.30. The molecule has 1 N–H and O–H groups in total. The zero-order valence-electron chi connectivity index (χ0n) is 14.1. The largest absolute Gasteiger partial charge is 0.326 e. The van der Waals surface area contributed by atoms with Crippen molar-refractivity contribution in [3.63, 3.8) is 0 Å². The minimum atomic E-state index is -0.230. The summed E-state index contributed by atoms with van der Waals surface area (Å²) in [6.07, 6.45) is 5.55. The molecular formula is C20H19ClN2O3. The molecule has 4 aliphatic carbocycles. The van der Waals surface area contributed by atoms with Gasteiger partial charge in [0.1, 0.15) is 0 Å². The van der Waals surface area contributed by atoms with Crippen molar-refractivity contribution in [2.45, 2.75) is 12.8 Å². The van der Waals surface area contributed by atoms with Gasteiger partial charge in [0.2, 0.25) is 17.7 Å². The van der Waals surface area contributed by atoms with Crippen molar-refractivity contribution < 1.29 is 14.4 Å². The molecule has 134 valence electrons. The van der Waals surface area contributed by atoms with Gasteiger partial charge in [-0.25, -0.2) is 0 Å². The number of carbonyl (C=O) groups excluding carboxylic acids is 3. The Labute approximate surface area is 156 Å². The van der Waals surface area contributed by atoms with E-state index in [-0.39, 0.29) is 54.4 Å². The Bertz CT molecular complexity index is 815. The number of nitrogens with one attached hydrogen (secondary N) is 1. The maximum Gasteiger partial charge on any atom is 0.233 e. The van der Waals surface area contributed by atoms with Crippen LogP contribution in [0.3, 0.4) is 0 Å². The number of hydrogen-bond donors (Lipinski definition) is 1. The van der Waals surface area contributed by atoms with Gasteiger partial charge in [-0.3, -0.25) is 19.3 Å². The van der Waals surface area contributed by atoms with E-state index < -0.39 is 0 Å². The normalized spacial score (nSPS) is 36.1. The van der Waals surface area contributed by atoms with Gasteiger partial charge in [0.15, 0.2) is 0 Å². The molecule has 5 nitrogen and oxygen atoms in total. The van der Waals surface area contributed by atoms with Crippen molar-refractivity contribution in [3.05, 3.63) is 41.4 Å². The van der Waals surface area contributed by atoms with E-state index in [9.17, 15) is 14.4 Å². The van der Waals surface area contributed by atoms with Crippen LogP contribution in [0.2, 0.25) is 5.02 Å². The Kier molecular flexibility index (Phi) is 3.51. The quantitative estimate of drug-likeness (QED) is 0.654. The van der Waals surface area contributed by atoms with Crippen LogP contribution in [0.1, 0.15) is 12.8 Å². The van der Waals surface area contributed by atoms with Gasteiger partial charge < -0.3 is 5.32 Å². The molecular weight excluding hydrogens is 352 g/mol. The summed E-state index contributed by atoms with van der Waals surface area (Å²) in [6, 6.07) is 6.90. The number of halogens is 1. The van der Waals surface area contributed by atoms with E-state index in [1.165, 1.54) is 4.90 Å². The molecule has 1 aromatic rings. The lowest BCUT2D eigenvalue weighted by Gasteiger charge is -2.37. The standard InChI is InChI=1S/C20H19ClN2O3/c21-10-2-1-3-11(8-10)22-16(24)6-7-23-19(25)17-12-4-5-13(15-9-14(12)15)18(17)20(23)26/h1-5,8,12-15,17-18H,6-7,9H2,(H,22,24). The van der Waals surface area contributed by atoms with Crippen LogP contribution in [0, 0.1) is 35.5 Å². The van der Waals surface area contributed by atoms with Crippen LogP contribution in [-0.4, -0.2) is 29.2 Å². The molecule has 5 aliphatic rings. The Morgan fingerprint density at radius 2 is 1.77 bits per heavy atom. The maximum absolute atomic E-state index is 12.8. The van der Waals surface area contributed by atoms with Gasteiger partial charge in [0.05, 0.1) is 11.8 Å². The molecule has 0 aromatic heterocycles. The first-order valence-electron chi connectivity index (χ1n) is 9.13. The fourth-order valence-electron chi connectivity index (χ4n) is 5.24. The zero-order chi connectivity index (χ0) is 18.0. The molecule has 2 saturated carbocycles. The number of nitrogens with zero attached hydrogens (tertiary/aromatic N) is 1. The molecule has 1 heterocycles. The van der Waals surface area contributed by atoms with E-state index in [0.717, 1.165) is 6.42 Å². The van der Waals surface area contributed by atoms with Crippen molar-refractivity contribution >= 4 is 35.0 Å². The molecule has 6 heteroatoms. The van der Waals surface area contributed by atoms with Crippen LogP contribution < -0.4 is 5.32 Å². The number of amides is 3. The highest BCUT2D eigenvalue weighted by Crippen LogP contribution is 2.65. The zero-order valence-corrected chi connectivity index (χ0v) is 14.9. The minimum absolute atomic E-state index is 0.0831. The third-order valence-corrected chi connectivity index (χ3v) is 6.66. The maximum atomic E-state index is 12.8. The summed E-state index contributed by atoms with van der Waals surface area (Å²) < 4.78 is 0. The lowest BCUT2D eigenvalue weighted by atomic mass is 9.63. The lowest BCUT2D eigenvalue weighted by molar-refractivity contribution is -0.140. The Morgan fingerprint density at radius 1 is 1.12 bits per heavy atom. The molecule has 3 amide bonds. The summed E-state index contributed by atoms with van der Waals surface area (Å²) >= 11 is 5.91. The van der Waals surface area contributed by atoms with Crippen LogP contribution in [0.25, 0.3) is 0 Å². The number of carbonyl (C=O) groups is 3. The Balaban J connectivity index is 1.25. The summed E-state index contributed by atoms with van der Waals surface area (Å²) in [5.41, 5.74) is 0.609. The molecule has 0 radical (unpaired) electrons. The van der Waals surface area contributed by atoms with Crippen molar-refractivity contribution in [3.8, 4) is 0 Å². The first-order chi connectivity index (χ1) is 12.5. The van der Waals surface area contributed by atoms with Crippen LogP contribution >= 0.6 is 11.6 Å². The summed E-state index contributed by atoms with van der Waals surface area (Å²) in [4.78, 5) is 39.2. The monoisotopic (exact) mass is 370 g/mol. The van der Waals surface area contributed by atoms with Gasteiger partial charge in [-0.05, 0) is 48.3 Å². The van der Waals surface area contributed by atoms with Gasteiger partial charge in [0, 0.05) is 23.7 Å². The van der Waals surface area contributed by atoms with E-state index in [4.69, 9.17) is 11.6 Å². The SMILES string of the molecule is O=C(CCN1C(=O)C2C3C=CC(C4CC34)C2C1=O)Nc1cccc(Cl)c1. The van der Waals surface area contributed by atoms with Crippen molar-refractivity contribution in [2.75, 3.05) is 11.9 Å². The predicted octanol–water partition coefficient (Wildman–Crippen LogP) is 2.72. The number of rotatable bonds is 4. The molecule has 1 aromatic carbocycles. The van der Waals surface area contributed by atoms with Gasteiger partial charge >= 0.3 is 0 Å². The second kappa shape index (κ2) is 5.68. The van der Waals surface area contributed by atoms with Crippen molar-refractivity contribution in [1.29, 1.82) is 0 Å². The van der Waals surface area contributed by atoms with E-state index in [0.29, 0.717) is 22.5 Å². The number of hydrogen-bond acceptors (Lipinski definition) is 3. The highest BCUT2D eigenvalue weighted by Gasteiger charge is 2.66. The average Bonchev–Trinajstić information content (AvgIpc) is 3.39. The second-order valence-electron chi connectivity index (χ2n) is 7.79. The van der Waals surface area contributed by atoms with Crippen molar-refractivity contribution in [1.82, 2.24) is 4.90 Å². The molecule has 6 atom stereocenters. The Morgan fingerprint density at radius 3 is 2.38 bits per heavy atom. The summed E-state index contributed by atoms with van der Waals surface area (Å²) in [7, 11) is 0. The fourth-order valence-corrected chi connectivity index (χ4v) is 5.43. The number of anilines is 1. The average molecular weight is 371 g/mol. The van der Waals surface area contributed by atoms with Gasteiger partial charge in [0.25, 0.3) is 0 Å². The third kappa shape index (κ3) is 2.33. The summed E-state index contributed by atoms with van der Waals surface area (Å²) in [5, 5.41) is 3.30. The third-order valence-electron chi connectivity index (χ3n) is 6.42. The second-order valence-corrected chi connectivity index (χ2v) is 8.23. The Hall–Kier alpha value is -2.14. The first kappa shape index (κ1) is 16.1.